The Morgan fingerprint density at radius 1 is 1.11 bits per heavy atom. The van der Waals surface area contributed by atoms with Crippen LogP contribution in [0.1, 0.15) is 11.1 Å². The number of non-ortho nitro benzene ring substituents is 1. The lowest BCUT2D eigenvalue weighted by molar-refractivity contribution is -0.384. The molecule has 0 unspecified atom stereocenters. The lowest BCUT2D eigenvalue weighted by Gasteiger charge is -2.17. The average molecular weight is 372 g/mol. The van der Waals surface area contributed by atoms with Gasteiger partial charge >= 0.3 is 5.97 Å². The Balaban J connectivity index is 2.08. The molecule has 1 atom stereocenters. The molecule has 8 heteroatoms. The van der Waals surface area contributed by atoms with Gasteiger partial charge in [0.25, 0.3) is 5.69 Å². The van der Waals surface area contributed by atoms with Crippen molar-refractivity contribution in [3.05, 3.63) is 69.8 Å². The van der Waals surface area contributed by atoms with E-state index in [2.05, 4.69) is 5.32 Å². The first kappa shape index (κ1) is 19.9. The quantitative estimate of drug-likeness (QED) is 0.432. The minimum absolute atomic E-state index is 0.0900. The van der Waals surface area contributed by atoms with E-state index in [4.69, 9.17) is 9.47 Å². The molecule has 1 amide bonds. The zero-order valence-electron chi connectivity index (χ0n) is 15.0. The molecule has 0 aliphatic carbocycles. The summed E-state index contributed by atoms with van der Waals surface area (Å²) in [4.78, 5) is 34.7. The van der Waals surface area contributed by atoms with Crippen molar-refractivity contribution in [1.29, 1.82) is 0 Å². The fraction of sp³-hybridized carbons (Fsp3) is 0.263. The van der Waals surface area contributed by atoms with Crippen molar-refractivity contribution < 1.29 is 24.0 Å². The summed E-state index contributed by atoms with van der Waals surface area (Å²) in [7, 11) is 2.78. The number of rotatable bonds is 8. The molecule has 0 bridgehead atoms. The van der Waals surface area contributed by atoms with E-state index in [1.807, 2.05) is 6.07 Å². The zero-order valence-corrected chi connectivity index (χ0v) is 15.0. The Morgan fingerprint density at radius 3 is 2.48 bits per heavy atom. The number of carbonyl (C=O) groups excluding carboxylic acids is 2. The van der Waals surface area contributed by atoms with Gasteiger partial charge in [0.2, 0.25) is 5.91 Å². The summed E-state index contributed by atoms with van der Waals surface area (Å²) in [5.74, 6) is -0.377. The Hall–Kier alpha value is -3.42. The van der Waals surface area contributed by atoms with Crippen molar-refractivity contribution in [3.8, 4) is 5.75 Å². The van der Waals surface area contributed by atoms with Gasteiger partial charge in [0.05, 0.1) is 25.6 Å². The van der Waals surface area contributed by atoms with Crippen LogP contribution in [-0.2, 0) is 27.2 Å². The molecule has 8 nitrogen and oxygen atoms in total. The number of carbonyl (C=O) groups is 2. The molecule has 0 saturated heterocycles. The van der Waals surface area contributed by atoms with E-state index >= 15 is 0 Å². The number of hydrogen-bond acceptors (Lipinski definition) is 6. The molecule has 0 aliphatic rings. The molecule has 0 radical (unpaired) electrons. The molecule has 142 valence electrons. The molecule has 1 N–H and O–H groups in total. The highest BCUT2D eigenvalue weighted by Gasteiger charge is 2.22. The minimum Gasteiger partial charge on any atom is -0.497 e. The first-order valence-corrected chi connectivity index (χ1v) is 8.16. The molecule has 2 aromatic carbocycles. The summed E-state index contributed by atoms with van der Waals surface area (Å²) in [6, 6.07) is 12.1. The SMILES string of the molecule is COC(=O)[C@H](Cc1cccc(OC)c1)NC(=O)Cc1cccc([N+](=O)[O-])c1. The van der Waals surface area contributed by atoms with E-state index in [0.717, 1.165) is 5.56 Å². The van der Waals surface area contributed by atoms with Crippen molar-refractivity contribution in [2.75, 3.05) is 14.2 Å². The summed E-state index contributed by atoms with van der Waals surface area (Å²) in [6.07, 6.45) is 0.137. The fourth-order valence-electron chi connectivity index (χ4n) is 2.58. The maximum atomic E-state index is 12.3. The number of nitro groups is 1. The number of nitrogens with one attached hydrogen (secondary N) is 1. The van der Waals surface area contributed by atoms with Crippen LogP contribution < -0.4 is 10.1 Å². The van der Waals surface area contributed by atoms with Crippen molar-refractivity contribution in [2.45, 2.75) is 18.9 Å². The van der Waals surface area contributed by atoms with Gasteiger partial charge in [-0.3, -0.25) is 14.9 Å². The molecule has 2 aromatic rings. The molecule has 0 aliphatic heterocycles. The Labute approximate surface area is 156 Å². The molecule has 0 spiro atoms. The molecule has 2 rings (SSSR count). The fourth-order valence-corrected chi connectivity index (χ4v) is 2.58. The maximum absolute atomic E-state index is 12.3. The van der Waals surface area contributed by atoms with Crippen LogP contribution in [0.2, 0.25) is 0 Å². The Bertz CT molecular complexity index is 836. The first-order valence-electron chi connectivity index (χ1n) is 8.16. The highest BCUT2D eigenvalue weighted by atomic mass is 16.6. The summed E-state index contributed by atoms with van der Waals surface area (Å²) in [6.45, 7) is 0. The number of esters is 1. The highest BCUT2D eigenvalue weighted by molar-refractivity contribution is 5.85. The standard InChI is InChI=1S/C19H20N2O6/c1-26-16-8-4-6-14(10-16)11-17(19(23)27-2)20-18(22)12-13-5-3-7-15(9-13)21(24)25/h3-10,17H,11-12H2,1-2H3,(H,20,22)/t17-/m0/s1. The minimum atomic E-state index is -0.881. The van der Waals surface area contributed by atoms with Gasteiger partial charge in [-0.05, 0) is 23.3 Å². The summed E-state index contributed by atoms with van der Waals surface area (Å²) in [5, 5.41) is 13.5. The third-order valence-electron chi connectivity index (χ3n) is 3.88. The topological polar surface area (TPSA) is 108 Å². The molecule has 0 aromatic heterocycles. The number of benzene rings is 2. The molecule has 27 heavy (non-hydrogen) atoms. The third-order valence-corrected chi connectivity index (χ3v) is 3.88. The molecular weight excluding hydrogens is 352 g/mol. The largest absolute Gasteiger partial charge is 0.497 e. The summed E-state index contributed by atoms with van der Waals surface area (Å²) >= 11 is 0. The van der Waals surface area contributed by atoms with Crippen LogP contribution in [-0.4, -0.2) is 37.1 Å². The summed E-state index contributed by atoms with van der Waals surface area (Å²) in [5.41, 5.74) is 1.17. The van der Waals surface area contributed by atoms with E-state index < -0.39 is 22.8 Å². The second-order valence-corrected chi connectivity index (χ2v) is 5.80. The van der Waals surface area contributed by atoms with Crippen LogP contribution in [0.3, 0.4) is 0 Å². The number of nitrogens with zero attached hydrogens (tertiary/aromatic N) is 1. The average Bonchev–Trinajstić information content (AvgIpc) is 2.67. The first-order chi connectivity index (χ1) is 12.9. The summed E-state index contributed by atoms with van der Waals surface area (Å²) < 4.78 is 9.92. The predicted octanol–water partition coefficient (Wildman–Crippen LogP) is 2.05. The Morgan fingerprint density at radius 2 is 1.81 bits per heavy atom. The van der Waals surface area contributed by atoms with Crippen LogP contribution in [0.4, 0.5) is 5.69 Å². The molecule has 0 fully saturated rings. The number of ether oxygens (including phenoxy) is 2. The van der Waals surface area contributed by atoms with Gasteiger partial charge in [-0.25, -0.2) is 4.79 Å². The lowest BCUT2D eigenvalue weighted by Crippen LogP contribution is -2.43. The smallest absolute Gasteiger partial charge is 0.328 e. The normalized spacial score (nSPS) is 11.3. The van der Waals surface area contributed by atoms with Gasteiger partial charge in [0.15, 0.2) is 0 Å². The van der Waals surface area contributed by atoms with Crippen molar-refractivity contribution in [2.24, 2.45) is 0 Å². The highest BCUT2D eigenvalue weighted by Crippen LogP contribution is 2.16. The van der Waals surface area contributed by atoms with Gasteiger partial charge in [0.1, 0.15) is 11.8 Å². The second-order valence-electron chi connectivity index (χ2n) is 5.80. The van der Waals surface area contributed by atoms with Crippen LogP contribution in [0.25, 0.3) is 0 Å². The van der Waals surface area contributed by atoms with Gasteiger partial charge in [-0.2, -0.15) is 0 Å². The van der Waals surface area contributed by atoms with Crippen LogP contribution in [0.15, 0.2) is 48.5 Å². The van der Waals surface area contributed by atoms with Gasteiger partial charge < -0.3 is 14.8 Å². The zero-order chi connectivity index (χ0) is 19.8. The van der Waals surface area contributed by atoms with Crippen LogP contribution >= 0.6 is 0 Å². The van der Waals surface area contributed by atoms with Gasteiger partial charge in [-0.15, -0.1) is 0 Å². The van der Waals surface area contributed by atoms with Gasteiger partial charge in [-0.1, -0.05) is 24.3 Å². The van der Waals surface area contributed by atoms with Crippen molar-refractivity contribution in [1.82, 2.24) is 5.32 Å². The van der Waals surface area contributed by atoms with E-state index in [0.29, 0.717) is 11.3 Å². The number of amides is 1. The van der Waals surface area contributed by atoms with E-state index in [1.165, 1.54) is 32.4 Å². The lowest BCUT2D eigenvalue weighted by atomic mass is 10.0. The monoisotopic (exact) mass is 372 g/mol. The number of nitro benzene ring substituents is 1. The van der Waals surface area contributed by atoms with Crippen LogP contribution in [0, 0.1) is 10.1 Å². The van der Waals surface area contributed by atoms with Crippen molar-refractivity contribution in [3.63, 3.8) is 0 Å². The van der Waals surface area contributed by atoms with E-state index in [9.17, 15) is 19.7 Å². The maximum Gasteiger partial charge on any atom is 0.328 e. The number of hydrogen-bond donors (Lipinski definition) is 1. The second kappa shape index (κ2) is 9.33. The third kappa shape index (κ3) is 5.81. The molecule has 0 saturated carbocycles. The van der Waals surface area contributed by atoms with Gasteiger partial charge in [0, 0.05) is 18.6 Å². The van der Waals surface area contributed by atoms with Crippen molar-refractivity contribution >= 4 is 17.6 Å². The number of methoxy groups -OCH3 is 2. The van der Waals surface area contributed by atoms with E-state index in [-0.39, 0.29) is 18.5 Å². The Kier molecular flexibility index (Phi) is 6.87. The van der Waals surface area contributed by atoms with E-state index in [1.54, 1.807) is 24.3 Å². The predicted molar refractivity (Wildman–Crippen MR) is 97.4 cm³/mol. The molecular formula is C19H20N2O6. The molecule has 0 heterocycles. The van der Waals surface area contributed by atoms with Crippen LogP contribution in [0.5, 0.6) is 5.75 Å².